The van der Waals surface area contributed by atoms with E-state index in [1.807, 2.05) is 11.3 Å². The highest BCUT2D eigenvalue weighted by Gasteiger charge is 2.29. The van der Waals surface area contributed by atoms with Crippen LogP contribution in [0.15, 0.2) is 11.4 Å². The quantitative estimate of drug-likeness (QED) is 0.804. The van der Waals surface area contributed by atoms with Crippen LogP contribution in [-0.4, -0.2) is 30.6 Å². The van der Waals surface area contributed by atoms with E-state index in [0.29, 0.717) is 12.1 Å². The second-order valence-corrected chi connectivity index (χ2v) is 5.23. The first-order valence-corrected chi connectivity index (χ1v) is 6.05. The van der Waals surface area contributed by atoms with Crippen molar-refractivity contribution in [1.82, 2.24) is 4.90 Å². The maximum Gasteiger partial charge on any atom is 0.0292 e. The number of rotatable bonds is 2. The van der Waals surface area contributed by atoms with E-state index >= 15 is 0 Å². The van der Waals surface area contributed by atoms with Crippen LogP contribution < -0.4 is 5.73 Å². The SMILES string of the molecule is Cc1ccsc1CC1C(N)CCN1C. The van der Waals surface area contributed by atoms with E-state index in [2.05, 4.69) is 30.3 Å². The summed E-state index contributed by atoms with van der Waals surface area (Å²) in [4.78, 5) is 3.89. The van der Waals surface area contributed by atoms with Crippen LogP contribution in [0.3, 0.4) is 0 Å². The van der Waals surface area contributed by atoms with Gasteiger partial charge >= 0.3 is 0 Å². The highest BCUT2D eigenvalue weighted by Crippen LogP contribution is 2.23. The van der Waals surface area contributed by atoms with Gasteiger partial charge in [0.05, 0.1) is 0 Å². The largest absolute Gasteiger partial charge is 0.326 e. The van der Waals surface area contributed by atoms with Gasteiger partial charge in [0, 0.05) is 17.0 Å². The van der Waals surface area contributed by atoms with Crippen LogP contribution in [0.25, 0.3) is 0 Å². The molecule has 2 N–H and O–H groups in total. The molecule has 1 aliphatic rings. The van der Waals surface area contributed by atoms with Gasteiger partial charge in [-0.2, -0.15) is 0 Å². The van der Waals surface area contributed by atoms with Crippen LogP contribution in [0.2, 0.25) is 0 Å². The molecule has 1 aliphatic heterocycles. The van der Waals surface area contributed by atoms with Crippen LogP contribution in [0.5, 0.6) is 0 Å². The molecule has 0 saturated carbocycles. The van der Waals surface area contributed by atoms with Gasteiger partial charge in [0.1, 0.15) is 0 Å². The fourth-order valence-corrected chi connectivity index (χ4v) is 3.11. The summed E-state index contributed by atoms with van der Waals surface area (Å²) >= 11 is 1.86. The Morgan fingerprint density at radius 2 is 2.43 bits per heavy atom. The van der Waals surface area contributed by atoms with Gasteiger partial charge in [-0.3, -0.25) is 0 Å². The van der Waals surface area contributed by atoms with E-state index in [4.69, 9.17) is 5.73 Å². The normalized spacial score (nSPS) is 28.5. The average molecular weight is 210 g/mol. The molecule has 0 aliphatic carbocycles. The van der Waals surface area contributed by atoms with Crippen molar-refractivity contribution in [1.29, 1.82) is 0 Å². The minimum Gasteiger partial charge on any atom is -0.326 e. The van der Waals surface area contributed by atoms with E-state index in [9.17, 15) is 0 Å². The molecule has 1 fully saturated rings. The van der Waals surface area contributed by atoms with Gasteiger partial charge < -0.3 is 10.6 Å². The first kappa shape index (κ1) is 10.1. The van der Waals surface area contributed by atoms with Crippen molar-refractivity contribution in [2.45, 2.75) is 31.8 Å². The lowest BCUT2D eigenvalue weighted by Gasteiger charge is -2.22. The van der Waals surface area contributed by atoms with Gasteiger partial charge in [0.15, 0.2) is 0 Å². The molecule has 2 heterocycles. The van der Waals surface area contributed by atoms with Crippen molar-refractivity contribution in [3.8, 4) is 0 Å². The lowest BCUT2D eigenvalue weighted by molar-refractivity contribution is 0.297. The van der Waals surface area contributed by atoms with Gasteiger partial charge in [0.2, 0.25) is 0 Å². The maximum absolute atomic E-state index is 6.10. The zero-order valence-corrected chi connectivity index (χ0v) is 9.68. The topological polar surface area (TPSA) is 29.3 Å². The van der Waals surface area contributed by atoms with Crippen molar-refractivity contribution in [2.75, 3.05) is 13.6 Å². The zero-order chi connectivity index (χ0) is 10.1. The monoisotopic (exact) mass is 210 g/mol. The minimum atomic E-state index is 0.362. The van der Waals surface area contributed by atoms with E-state index in [-0.39, 0.29) is 0 Å². The molecule has 2 unspecified atom stereocenters. The number of nitrogens with zero attached hydrogens (tertiary/aromatic N) is 1. The summed E-state index contributed by atoms with van der Waals surface area (Å²) in [5.41, 5.74) is 7.52. The fourth-order valence-electron chi connectivity index (χ4n) is 2.15. The summed E-state index contributed by atoms with van der Waals surface area (Å²) < 4.78 is 0. The zero-order valence-electron chi connectivity index (χ0n) is 8.86. The van der Waals surface area contributed by atoms with Gasteiger partial charge in [0.25, 0.3) is 0 Å². The first-order valence-electron chi connectivity index (χ1n) is 5.17. The van der Waals surface area contributed by atoms with Crippen molar-refractivity contribution in [3.05, 3.63) is 21.9 Å². The maximum atomic E-state index is 6.10. The van der Waals surface area contributed by atoms with E-state index in [1.54, 1.807) is 0 Å². The summed E-state index contributed by atoms with van der Waals surface area (Å²) in [5, 5.41) is 2.17. The Labute approximate surface area is 89.7 Å². The third kappa shape index (κ3) is 1.85. The molecule has 0 spiro atoms. The number of likely N-dealkylation sites (tertiary alicyclic amines) is 1. The second kappa shape index (κ2) is 4.01. The molecule has 2 rings (SSSR count). The Hall–Kier alpha value is -0.380. The van der Waals surface area contributed by atoms with Crippen molar-refractivity contribution >= 4 is 11.3 Å². The second-order valence-electron chi connectivity index (χ2n) is 4.23. The predicted octanol–water partition coefficient (Wildman–Crippen LogP) is 1.63. The van der Waals surface area contributed by atoms with E-state index in [1.165, 1.54) is 10.4 Å². The van der Waals surface area contributed by atoms with E-state index < -0.39 is 0 Å². The molecule has 2 atom stereocenters. The molecule has 0 bridgehead atoms. The molecule has 0 radical (unpaired) electrons. The third-order valence-electron chi connectivity index (χ3n) is 3.24. The van der Waals surface area contributed by atoms with Crippen LogP contribution in [0, 0.1) is 6.92 Å². The van der Waals surface area contributed by atoms with Gasteiger partial charge in [-0.05, 0) is 50.4 Å². The fraction of sp³-hybridized carbons (Fsp3) is 0.636. The van der Waals surface area contributed by atoms with Crippen LogP contribution >= 0.6 is 11.3 Å². The highest BCUT2D eigenvalue weighted by atomic mass is 32.1. The molecule has 14 heavy (non-hydrogen) atoms. The molecule has 1 aromatic heterocycles. The van der Waals surface area contributed by atoms with Crippen LogP contribution in [0.1, 0.15) is 16.9 Å². The summed E-state index contributed by atoms with van der Waals surface area (Å²) in [6, 6.07) is 3.11. The van der Waals surface area contributed by atoms with Crippen LogP contribution in [-0.2, 0) is 6.42 Å². The number of thiophene rings is 1. The summed E-state index contributed by atoms with van der Waals surface area (Å²) in [7, 11) is 2.18. The molecular formula is C11H18N2S. The molecule has 0 aromatic carbocycles. The summed E-state index contributed by atoms with van der Waals surface area (Å²) in [6.45, 7) is 3.34. The van der Waals surface area contributed by atoms with Gasteiger partial charge in [-0.15, -0.1) is 11.3 Å². The predicted molar refractivity (Wildman–Crippen MR) is 61.8 cm³/mol. The van der Waals surface area contributed by atoms with Gasteiger partial charge in [-0.1, -0.05) is 0 Å². The number of hydrogen-bond acceptors (Lipinski definition) is 3. The van der Waals surface area contributed by atoms with Crippen molar-refractivity contribution < 1.29 is 0 Å². The number of likely N-dealkylation sites (N-methyl/N-ethyl adjacent to an activating group) is 1. The molecule has 0 amide bonds. The van der Waals surface area contributed by atoms with Crippen molar-refractivity contribution in [2.24, 2.45) is 5.73 Å². The number of aryl methyl sites for hydroxylation is 1. The Bertz CT molecular complexity index is 298. The average Bonchev–Trinajstić information content (AvgIpc) is 2.67. The van der Waals surface area contributed by atoms with Gasteiger partial charge in [-0.25, -0.2) is 0 Å². The lowest BCUT2D eigenvalue weighted by atomic mass is 10.0. The third-order valence-corrected chi connectivity index (χ3v) is 4.28. The number of nitrogens with two attached hydrogens (primary N) is 1. The molecule has 78 valence electrons. The molecule has 1 saturated heterocycles. The number of hydrogen-bond donors (Lipinski definition) is 1. The molecule has 1 aromatic rings. The molecule has 3 heteroatoms. The molecule has 2 nitrogen and oxygen atoms in total. The molecular weight excluding hydrogens is 192 g/mol. The van der Waals surface area contributed by atoms with Crippen LogP contribution in [0.4, 0.5) is 0 Å². The highest BCUT2D eigenvalue weighted by molar-refractivity contribution is 7.10. The minimum absolute atomic E-state index is 0.362. The van der Waals surface area contributed by atoms with E-state index in [0.717, 1.165) is 19.4 Å². The Balaban J connectivity index is 2.07. The Morgan fingerprint density at radius 1 is 1.64 bits per heavy atom. The summed E-state index contributed by atoms with van der Waals surface area (Å²) in [5.74, 6) is 0. The first-order chi connectivity index (χ1) is 6.68. The Morgan fingerprint density at radius 3 is 2.93 bits per heavy atom. The summed E-state index contributed by atoms with van der Waals surface area (Å²) in [6.07, 6.45) is 2.27. The standard InChI is InChI=1S/C11H18N2S/c1-8-4-6-14-11(8)7-10-9(12)3-5-13(10)2/h4,6,9-10H,3,5,7,12H2,1-2H3. The Kier molecular flexibility index (Phi) is 2.91. The smallest absolute Gasteiger partial charge is 0.0292 e. The lowest BCUT2D eigenvalue weighted by Crippen LogP contribution is -2.38. The van der Waals surface area contributed by atoms with Crippen molar-refractivity contribution in [3.63, 3.8) is 0 Å².